The fourth-order valence-electron chi connectivity index (χ4n) is 0.695. The first-order valence-electron chi connectivity index (χ1n) is 3.72. The summed E-state index contributed by atoms with van der Waals surface area (Å²) >= 11 is 3.17. The first kappa shape index (κ1) is 10.4. The maximum absolute atomic E-state index is 3.69. The van der Waals surface area contributed by atoms with Crippen molar-refractivity contribution in [3.8, 4) is 0 Å². The molecule has 1 unspecified atom stereocenters. The fourth-order valence-corrected chi connectivity index (χ4v) is 5.05. The summed E-state index contributed by atoms with van der Waals surface area (Å²) in [5.41, 5.74) is 0. The van der Waals surface area contributed by atoms with E-state index in [2.05, 4.69) is 32.7 Å². The molecule has 0 saturated carbocycles. The Labute approximate surface area is 76.5 Å². The van der Waals surface area contributed by atoms with Crippen LogP contribution < -0.4 is 0 Å². The second-order valence-electron chi connectivity index (χ2n) is 3.23. The molecule has 52 valence electrons. The zero-order valence-corrected chi connectivity index (χ0v) is 13.7. The summed E-state index contributed by atoms with van der Waals surface area (Å²) in [6.07, 6.45) is 2.89. The van der Waals surface area contributed by atoms with Crippen molar-refractivity contribution in [2.75, 3.05) is 0 Å². The Balaban J connectivity index is 3.06. The second-order valence-corrected chi connectivity index (χ2v) is 15.5. The van der Waals surface area contributed by atoms with Crippen molar-refractivity contribution in [2.45, 2.75) is 37.0 Å². The van der Waals surface area contributed by atoms with E-state index in [0.29, 0.717) is 0 Å². The molecule has 0 rings (SSSR count). The van der Waals surface area contributed by atoms with E-state index < -0.39 is 22.1 Å². The van der Waals surface area contributed by atoms with Crippen LogP contribution in [0.15, 0.2) is 0 Å². The first-order valence-corrected chi connectivity index (χ1v) is 18.8. The van der Waals surface area contributed by atoms with Gasteiger partial charge in [0.1, 0.15) is 0 Å². The van der Waals surface area contributed by atoms with Crippen LogP contribution in [0.2, 0.25) is 3.43 Å². The average molecular weight is 380 g/mol. The summed E-state index contributed by atoms with van der Waals surface area (Å²) in [6, 6.07) is 0. The molecule has 2 heteroatoms. The Kier molecular flexibility index (Phi) is 7.11. The van der Waals surface area contributed by atoms with Crippen LogP contribution in [0.1, 0.15) is 33.6 Å². The van der Waals surface area contributed by atoms with E-state index in [9.17, 15) is 0 Å². The van der Waals surface area contributed by atoms with E-state index in [1.54, 1.807) is 0 Å². The minimum absolute atomic E-state index is 0.519. The van der Waals surface area contributed by atoms with Crippen LogP contribution in [-0.4, -0.2) is 0 Å². The molecule has 0 N–H and O–H groups in total. The Morgan fingerprint density at radius 1 is 1.22 bits per heavy atom. The van der Waals surface area contributed by atoms with Gasteiger partial charge in [-0.25, -0.2) is 0 Å². The predicted octanol–water partition coefficient (Wildman–Crippen LogP) is 3.62. The fraction of sp³-hybridized carbons (Fsp3) is 1.00. The van der Waals surface area contributed by atoms with E-state index in [1.807, 2.05) is 0 Å². The van der Waals surface area contributed by atoms with Gasteiger partial charge in [0.15, 0.2) is 0 Å². The standard InChI is InChI=1S/C7H15.BrH.Hg/c1-4-5-6-7(2)3;;/h4,7H,5-6H2,1-3H3;1H;/q;;+1/p-1. The van der Waals surface area contributed by atoms with Crippen LogP contribution in [0.4, 0.5) is 0 Å². The molecule has 0 saturated heterocycles. The number of hydrogen-bond acceptors (Lipinski definition) is 0. The average Bonchev–Trinajstić information content (AvgIpc) is 1.83. The van der Waals surface area contributed by atoms with Crippen LogP contribution in [0.5, 0.6) is 0 Å². The van der Waals surface area contributed by atoms with Crippen molar-refractivity contribution in [2.24, 2.45) is 5.92 Å². The molecule has 1 atom stereocenters. The second kappa shape index (κ2) is 6.15. The summed E-state index contributed by atoms with van der Waals surface area (Å²) in [7, 11) is 0. The van der Waals surface area contributed by atoms with Gasteiger partial charge in [0, 0.05) is 0 Å². The molecular formula is C7H15BrHg. The maximum atomic E-state index is 3.69. The van der Waals surface area contributed by atoms with E-state index >= 15 is 0 Å². The SMILES string of the molecule is CC(C)CC[CH](C)[Hg][Br]. The Hall–Kier alpha value is 1.42. The molecule has 0 heterocycles. The summed E-state index contributed by atoms with van der Waals surface area (Å²) in [4.78, 5) is 0. The van der Waals surface area contributed by atoms with E-state index in [1.165, 1.54) is 12.8 Å². The van der Waals surface area contributed by atoms with Gasteiger partial charge in [-0.3, -0.25) is 0 Å². The van der Waals surface area contributed by atoms with Crippen LogP contribution in [0, 0.1) is 5.92 Å². The van der Waals surface area contributed by atoms with Gasteiger partial charge in [0.05, 0.1) is 0 Å². The zero-order valence-electron chi connectivity index (χ0n) is 6.65. The summed E-state index contributed by atoms with van der Waals surface area (Å²) in [5.74, 6) is 0.903. The van der Waals surface area contributed by atoms with Crippen LogP contribution >= 0.6 is 11.9 Å². The van der Waals surface area contributed by atoms with Gasteiger partial charge in [-0.15, -0.1) is 0 Å². The monoisotopic (exact) mass is 380 g/mol. The normalized spacial score (nSPS) is 13.4. The van der Waals surface area contributed by atoms with E-state index in [-0.39, 0.29) is 0 Å². The van der Waals surface area contributed by atoms with Crippen molar-refractivity contribution in [3.05, 3.63) is 0 Å². The Bertz CT molecular complexity index is 63.9. The molecule has 0 radical (unpaired) electrons. The van der Waals surface area contributed by atoms with Crippen LogP contribution in [0.3, 0.4) is 0 Å². The predicted molar refractivity (Wildman–Crippen MR) is 42.4 cm³/mol. The van der Waals surface area contributed by atoms with Gasteiger partial charge in [0.2, 0.25) is 0 Å². The zero-order chi connectivity index (χ0) is 7.28. The summed E-state index contributed by atoms with van der Waals surface area (Å²) in [5, 5.41) is 0. The third-order valence-electron chi connectivity index (χ3n) is 1.50. The van der Waals surface area contributed by atoms with Gasteiger partial charge in [-0.1, -0.05) is 0 Å². The van der Waals surface area contributed by atoms with Crippen molar-refractivity contribution < 1.29 is 22.1 Å². The number of rotatable bonds is 4. The molecule has 0 aromatic heterocycles. The topological polar surface area (TPSA) is 0 Å². The molecular weight excluding hydrogens is 365 g/mol. The molecule has 0 fully saturated rings. The van der Waals surface area contributed by atoms with Gasteiger partial charge in [0.25, 0.3) is 0 Å². The van der Waals surface area contributed by atoms with Gasteiger partial charge in [-0.05, 0) is 0 Å². The van der Waals surface area contributed by atoms with Crippen LogP contribution in [0.25, 0.3) is 0 Å². The molecule has 0 nitrogen and oxygen atoms in total. The third-order valence-corrected chi connectivity index (χ3v) is 14.8. The minimum atomic E-state index is -0.519. The van der Waals surface area contributed by atoms with Crippen molar-refractivity contribution >= 4 is 11.9 Å². The van der Waals surface area contributed by atoms with Gasteiger partial charge >= 0.3 is 77.0 Å². The van der Waals surface area contributed by atoms with E-state index in [4.69, 9.17) is 0 Å². The van der Waals surface area contributed by atoms with Crippen molar-refractivity contribution in [1.29, 1.82) is 0 Å². The van der Waals surface area contributed by atoms with Crippen molar-refractivity contribution in [3.63, 3.8) is 0 Å². The molecule has 0 amide bonds. The molecule has 9 heavy (non-hydrogen) atoms. The quantitative estimate of drug-likeness (QED) is 0.655. The molecule has 0 aromatic carbocycles. The van der Waals surface area contributed by atoms with Gasteiger partial charge in [-0.2, -0.15) is 0 Å². The Morgan fingerprint density at radius 3 is 2.11 bits per heavy atom. The van der Waals surface area contributed by atoms with E-state index in [0.717, 1.165) is 9.34 Å². The third kappa shape index (κ3) is 7.31. The molecule has 0 aromatic rings. The Morgan fingerprint density at radius 2 is 1.78 bits per heavy atom. The molecule has 0 bridgehead atoms. The number of halogens is 1. The summed E-state index contributed by atoms with van der Waals surface area (Å²) in [6.45, 7) is 6.99. The molecule has 0 aliphatic carbocycles. The number of hydrogen-bond donors (Lipinski definition) is 0. The summed E-state index contributed by atoms with van der Waals surface area (Å²) < 4.78 is 1.08. The molecule has 0 aliphatic heterocycles. The van der Waals surface area contributed by atoms with Crippen molar-refractivity contribution in [1.82, 2.24) is 0 Å². The van der Waals surface area contributed by atoms with Crippen LogP contribution in [-0.2, 0) is 22.1 Å². The first-order chi connectivity index (χ1) is 4.16. The molecule has 0 spiro atoms. The van der Waals surface area contributed by atoms with Gasteiger partial charge < -0.3 is 0 Å². The molecule has 0 aliphatic rings.